The monoisotopic (exact) mass is 334 g/mol. The Bertz CT molecular complexity index is 653. The first-order valence-corrected chi connectivity index (χ1v) is 8.84. The summed E-state index contributed by atoms with van der Waals surface area (Å²) in [6, 6.07) is 9.55. The molecule has 1 N–H and O–H groups in total. The van der Waals surface area contributed by atoms with E-state index in [1.54, 1.807) is 23.5 Å². The Morgan fingerprint density at radius 1 is 1.36 bits per heavy atom. The maximum atomic E-state index is 12.7. The van der Waals surface area contributed by atoms with Gasteiger partial charge < -0.3 is 10.2 Å². The molecule has 0 radical (unpaired) electrons. The molecule has 0 unspecified atom stereocenters. The molecule has 1 aromatic carbocycles. The van der Waals surface area contributed by atoms with Gasteiger partial charge in [-0.3, -0.25) is 0 Å². The van der Waals surface area contributed by atoms with Gasteiger partial charge in [0.1, 0.15) is 0 Å². The molecule has 3 nitrogen and oxygen atoms in total. The number of amides is 2. The first-order valence-electron chi connectivity index (χ1n) is 7.58. The number of halogens is 1. The van der Waals surface area contributed by atoms with E-state index in [2.05, 4.69) is 23.7 Å². The second-order valence-corrected chi connectivity index (χ2v) is 6.92. The summed E-state index contributed by atoms with van der Waals surface area (Å²) in [6.07, 6.45) is 3.00. The van der Waals surface area contributed by atoms with Crippen LogP contribution in [0.2, 0.25) is 5.02 Å². The van der Waals surface area contributed by atoms with Crippen molar-refractivity contribution in [3.8, 4) is 0 Å². The smallest absolute Gasteiger partial charge is 0.317 e. The van der Waals surface area contributed by atoms with Crippen molar-refractivity contribution in [1.82, 2.24) is 4.90 Å². The van der Waals surface area contributed by atoms with Crippen molar-refractivity contribution in [3.63, 3.8) is 0 Å². The van der Waals surface area contributed by atoms with E-state index in [0.29, 0.717) is 5.02 Å². The van der Waals surface area contributed by atoms with Crippen LogP contribution in [0.5, 0.6) is 0 Å². The molecule has 0 spiro atoms. The van der Waals surface area contributed by atoms with Crippen LogP contribution < -0.4 is 5.32 Å². The Labute approximate surface area is 139 Å². The van der Waals surface area contributed by atoms with Crippen molar-refractivity contribution >= 4 is 34.7 Å². The summed E-state index contributed by atoms with van der Waals surface area (Å²) in [5.74, 6) is 0. The number of hydrogen-bond donors (Lipinski definition) is 1. The Balaban J connectivity index is 1.77. The molecule has 5 heteroatoms. The first kappa shape index (κ1) is 15.4. The van der Waals surface area contributed by atoms with Crippen molar-refractivity contribution in [2.24, 2.45) is 0 Å². The maximum Gasteiger partial charge on any atom is 0.322 e. The third kappa shape index (κ3) is 3.13. The molecule has 2 heterocycles. The number of thiophene rings is 1. The Kier molecular flexibility index (Phi) is 4.69. The predicted octanol–water partition coefficient (Wildman–Crippen LogP) is 5.33. The van der Waals surface area contributed by atoms with E-state index in [-0.39, 0.29) is 12.1 Å². The predicted molar refractivity (Wildman–Crippen MR) is 92.8 cm³/mol. The lowest BCUT2D eigenvalue weighted by Gasteiger charge is -2.36. The van der Waals surface area contributed by atoms with E-state index in [9.17, 15) is 4.79 Å². The number of rotatable bonds is 3. The third-order valence-corrected chi connectivity index (χ3v) is 5.26. The molecule has 22 heavy (non-hydrogen) atoms. The number of carbonyl (C=O) groups excluding carboxylic acids is 1. The summed E-state index contributed by atoms with van der Waals surface area (Å²) in [6.45, 7) is 2.94. The molecular weight excluding hydrogens is 316 g/mol. The van der Waals surface area contributed by atoms with Gasteiger partial charge in [0.2, 0.25) is 0 Å². The lowest BCUT2D eigenvalue weighted by atomic mass is 9.96. The highest BCUT2D eigenvalue weighted by Gasteiger charge is 2.30. The van der Waals surface area contributed by atoms with Gasteiger partial charge in [0.05, 0.1) is 6.04 Å². The number of urea groups is 1. The van der Waals surface area contributed by atoms with E-state index in [1.807, 2.05) is 17.0 Å². The van der Waals surface area contributed by atoms with E-state index < -0.39 is 0 Å². The second-order valence-electron chi connectivity index (χ2n) is 5.48. The number of fused-ring (bicyclic) bond motifs is 1. The molecule has 0 saturated carbocycles. The average molecular weight is 335 g/mol. The molecular formula is C17H19ClN2OS. The van der Waals surface area contributed by atoms with E-state index in [4.69, 9.17) is 11.6 Å². The van der Waals surface area contributed by atoms with Crippen LogP contribution in [0, 0.1) is 0 Å². The van der Waals surface area contributed by atoms with Crippen LogP contribution in [0.25, 0.3) is 0 Å². The number of nitrogens with zero attached hydrogens (tertiary/aromatic N) is 1. The van der Waals surface area contributed by atoms with Crippen LogP contribution >= 0.6 is 22.9 Å². The summed E-state index contributed by atoms with van der Waals surface area (Å²) in [5.41, 5.74) is 2.10. The SMILES string of the molecule is CCC[C@@H]1c2ccsc2CCN1C(=O)Nc1ccc(Cl)cc1. The zero-order valence-corrected chi connectivity index (χ0v) is 14.1. The molecule has 116 valence electrons. The highest BCUT2D eigenvalue weighted by atomic mass is 35.5. The number of hydrogen-bond acceptors (Lipinski definition) is 2. The van der Waals surface area contributed by atoms with Crippen LogP contribution in [0.1, 0.15) is 36.2 Å². The Morgan fingerprint density at radius 2 is 2.14 bits per heavy atom. The fraction of sp³-hybridized carbons (Fsp3) is 0.353. The van der Waals surface area contributed by atoms with Crippen molar-refractivity contribution in [1.29, 1.82) is 0 Å². The summed E-state index contributed by atoms with van der Waals surface area (Å²) in [5, 5.41) is 5.78. The van der Waals surface area contributed by atoms with Gasteiger partial charge in [0, 0.05) is 22.1 Å². The van der Waals surface area contributed by atoms with Crippen molar-refractivity contribution in [2.75, 3.05) is 11.9 Å². The number of benzene rings is 1. The number of anilines is 1. The quantitative estimate of drug-likeness (QED) is 0.808. The summed E-state index contributed by atoms with van der Waals surface area (Å²) < 4.78 is 0. The Hall–Kier alpha value is -1.52. The molecule has 0 saturated heterocycles. The number of carbonyl (C=O) groups is 1. The van der Waals surface area contributed by atoms with Gasteiger partial charge in [-0.15, -0.1) is 11.3 Å². The van der Waals surface area contributed by atoms with E-state index in [0.717, 1.165) is 31.5 Å². The van der Waals surface area contributed by atoms with Crippen LogP contribution in [0.3, 0.4) is 0 Å². The van der Waals surface area contributed by atoms with Crippen LogP contribution in [0.4, 0.5) is 10.5 Å². The van der Waals surface area contributed by atoms with E-state index >= 15 is 0 Å². The largest absolute Gasteiger partial charge is 0.322 e. The molecule has 2 aromatic rings. The van der Waals surface area contributed by atoms with Gasteiger partial charge in [-0.1, -0.05) is 24.9 Å². The van der Waals surface area contributed by atoms with Gasteiger partial charge in [0.25, 0.3) is 0 Å². The maximum absolute atomic E-state index is 12.7. The minimum Gasteiger partial charge on any atom is -0.317 e. The number of nitrogens with one attached hydrogen (secondary N) is 1. The van der Waals surface area contributed by atoms with Crippen LogP contribution in [-0.4, -0.2) is 17.5 Å². The van der Waals surface area contributed by atoms with Gasteiger partial charge in [-0.2, -0.15) is 0 Å². The highest BCUT2D eigenvalue weighted by Crippen LogP contribution is 2.36. The molecule has 1 aromatic heterocycles. The highest BCUT2D eigenvalue weighted by molar-refractivity contribution is 7.10. The summed E-state index contributed by atoms with van der Waals surface area (Å²) in [4.78, 5) is 16.0. The molecule has 1 aliphatic heterocycles. The normalized spacial score (nSPS) is 17.2. The minimum atomic E-state index is -0.0300. The van der Waals surface area contributed by atoms with Crippen LogP contribution in [0.15, 0.2) is 35.7 Å². The van der Waals surface area contributed by atoms with Gasteiger partial charge in [-0.25, -0.2) is 4.79 Å². The standard InChI is InChI=1S/C17H19ClN2OS/c1-2-3-15-14-9-11-22-16(14)8-10-20(15)17(21)19-13-6-4-12(18)5-7-13/h4-7,9,11,15H,2-3,8,10H2,1H3,(H,19,21)/t15-/m1/s1. The van der Waals surface area contributed by atoms with Crippen LogP contribution in [-0.2, 0) is 6.42 Å². The average Bonchev–Trinajstić information content (AvgIpc) is 2.99. The molecule has 0 fully saturated rings. The molecule has 0 aliphatic carbocycles. The molecule has 1 aliphatic rings. The molecule has 1 atom stereocenters. The topological polar surface area (TPSA) is 32.3 Å². The summed E-state index contributed by atoms with van der Waals surface area (Å²) >= 11 is 7.68. The van der Waals surface area contributed by atoms with Gasteiger partial charge in [-0.05, 0) is 54.1 Å². The van der Waals surface area contributed by atoms with Crippen molar-refractivity contribution in [3.05, 3.63) is 51.2 Å². The fourth-order valence-electron chi connectivity index (χ4n) is 2.95. The zero-order valence-electron chi connectivity index (χ0n) is 12.5. The minimum absolute atomic E-state index is 0.0300. The van der Waals surface area contributed by atoms with E-state index in [1.165, 1.54) is 10.4 Å². The third-order valence-electron chi connectivity index (χ3n) is 4.01. The first-order chi connectivity index (χ1) is 10.7. The zero-order chi connectivity index (χ0) is 15.5. The molecule has 2 amide bonds. The lowest BCUT2D eigenvalue weighted by molar-refractivity contribution is 0.178. The Morgan fingerprint density at radius 3 is 2.86 bits per heavy atom. The van der Waals surface area contributed by atoms with Gasteiger partial charge >= 0.3 is 6.03 Å². The lowest BCUT2D eigenvalue weighted by Crippen LogP contribution is -2.42. The van der Waals surface area contributed by atoms with Crippen molar-refractivity contribution in [2.45, 2.75) is 32.2 Å². The summed E-state index contributed by atoms with van der Waals surface area (Å²) in [7, 11) is 0. The fourth-order valence-corrected chi connectivity index (χ4v) is 4.01. The second kappa shape index (κ2) is 6.71. The van der Waals surface area contributed by atoms with Gasteiger partial charge in [0.15, 0.2) is 0 Å². The molecule has 3 rings (SSSR count). The molecule has 0 bridgehead atoms. The van der Waals surface area contributed by atoms with Crippen molar-refractivity contribution < 1.29 is 4.79 Å².